The second-order valence-electron chi connectivity index (χ2n) is 7.87. The van der Waals surface area contributed by atoms with E-state index in [9.17, 15) is 19.2 Å². The number of amides is 4. The van der Waals surface area contributed by atoms with Gasteiger partial charge in [0.25, 0.3) is 5.91 Å². The highest BCUT2D eigenvalue weighted by atomic mass is 16.5. The van der Waals surface area contributed by atoms with Gasteiger partial charge in [0.2, 0.25) is 17.7 Å². The first kappa shape index (κ1) is 24.0. The third-order valence-electron chi connectivity index (χ3n) is 5.48. The summed E-state index contributed by atoms with van der Waals surface area (Å²) in [5.74, 6) is -1.87. The van der Waals surface area contributed by atoms with Gasteiger partial charge < -0.3 is 30.4 Å². The van der Waals surface area contributed by atoms with Crippen LogP contribution in [0.5, 0.6) is 0 Å². The molecule has 1 aromatic heterocycles. The summed E-state index contributed by atoms with van der Waals surface area (Å²) in [5.41, 5.74) is 6.37. The number of carbonyl (C=O) groups excluding carboxylic acids is 4. The molecule has 1 aliphatic heterocycles. The van der Waals surface area contributed by atoms with E-state index in [4.69, 9.17) is 14.9 Å². The standard InChI is InChI=1S/C23H28N4O6/c1-32-14-20(28)25-16-9-10-27(23(31)19-8-5-11-33-19)18(13-16)22(30)26-17(21(24)29)12-15-6-3-2-4-7-15/h2-8,11,16-18H,9-10,12-14H2,1H3,(H2,24,29)(H,25,28)(H,26,30)/t16-,17+,18-/m0/s1. The minimum absolute atomic E-state index is 0.102. The van der Waals surface area contributed by atoms with Gasteiger partial charge >= 0.3 is 0 Å². The van der Waals surface area contributed by atoms with E-state index in [-0.39, 0.29) is 43.7 Å². The lowest BCUT2D eigenvalue weighted by atomic mass is 9.95. The van der Waals surface area contributed by atoms with Crippen LogP contribution in [0, 0.1) is 0 Å². The molecular formula is C23H28N4O6. The van der Waals surface area contributed by atoms with Crippen LogP contribution >= 0.6 is 0 Å². The van der Waals surface area contributed by atoms with Gasteiger partial charge in [-0.05, 0) is 30.5 Å². The molecule has 0 aliphatic carbocycles. The van der Waals surface area contributed by atoms with Gasteiger partial charge in [-0.15, -0.1) is 0 Å². The summed E-state index contributed by atoms with van der Waals surface area (Å²) in [7, 11) is 1.41. The van der Waals surface area contributed by atoms with E-state index in [0.717, 1.165) is 5.56 Å². The van der Waals surface area contributed by atoms with Crippen molar-refractivity contribution in [3.05, 3.63) is 60.1 Å². The predicted octanol–water partition coefficient (Wildman–Crippen LogP) is 0.228. The number of likely N-dealkylation sites (tertiary alicyclic amines) is 1. The Hall–Kier alpha value is -3.66. The van der Waals surface area contributed by atoms with E-state index < -0.39 is 29.8 Å². The zero-order valence-electron chi connectivity index (χ0n) is 18.4. The SMILES string of the molecule is COCC(=O)N[C@H]1CCN(C(=O)c2ccco2)[C@H](C(=O)N[C@H](Cc2ccccc2)C(N)=O)C1. The summed E-state index contributed by atoms with van der Waals surface area (Å²) in [6, 6.07) is 10.0. The van der Waals surface area contributed by atoms with Gasteiger partial charge in [-0.2, -0.15) is 0 Å². The van der Waals surface area contributed by atoms with Crippen LogP contribution in [-0.4, -0.2) is 66.9 Å². The molecule has 3 atom stereocenters. The fourth-order valence-corrected chi connectivity index (χ4v) is 3.87. The average Bonchev–Trinajstić information content (AvgIpc) is 3.34. The molecule has 1 aliphatic rings. The van der Waals surface area contributed by atoms with Gasteiger partial charge in [-0.3, -0.25) is 19.2 Å². The zero-order chi connectivity index (χ0) is 23.8. The number of primary amides is 1. The van der Waals surface area contributed by atoms with Gasteiger partial charge in [0.05, 0.1) is 6.26 Å². The molecule has 0 bridgehead atoms. The quantitative estimate of drug-likeness (QED) is 0.493. The smallest absolute Gasteiger partial charge is 0.290 e. The number of hydrogen-bond acceptors (Lipinski definition) is 6. The van der Waals surface area contributed by atoms with E-state index in [1.54, 1.807) is 6.07 Å². The van der Waals surface area contributed by atoms with Crippen molar-refractivity contribution < 1.29 is 28.3 Å². The molecule has 0 saturated carbocycles. The van der Waals surface area contributed by atoms with Crippen molar-refractivity contribution in [1.82, 2.24) is 15.5 Å². The number of furan rings is 1. The van der Waals surface area contributed by atoms with Gasteiger partial charge in [-0.25, -0.2) is 0 Å². The lowest BCUT2D eigenvalue weighted by Gasteiger charge is -2.38. The molecule has 10 heteroatoms. The van der Waals surface area contributed by atoms with Crippen LogP contribution in [0.25, 0.3) is 0 Å². The Morgan fingerprint density at radius 1 is 1.18 bits per heavy atom. The lowest BCUT2D eigenvalue weighted by molar-refractivity contribution is -0.132. The number of nitrogens with two attached hydrogens (primary N) is 1. The van der Waals surface area contributed by atoms with Crippen molar-refractivity contribution >= 4 is 23.6 Å². The molecule has 1 aromatic carbocycles. The molecule has 1 fully saturated rings. The maximum atomic E-state index is 13.3. The fraction of sp³-hybridized carbons (Fsp3) is 0.391. The number of carbonyl (C=O) groups is 4. The number of nitrogens with zero attached hydrogens (tertiary/aromatic N) is 1. The van der Waals surface area contributed by atoms with Crippen molar-refractivity contribution in [2.24, 2.45) is 5.73 Å². The van der Waals surface area contributed by atoms with Crippen molar-refractivity contribution in [2.45, 2.75) is 37.4 Å². The van der Waals surface area contributed by atoms with Gasteiger partial charge in [-0.1, -0.05) is 30.3 Å². The topological polar surface area (TPSA) is 144 Å². The number of nitrogens with one attached hydrogen (secondary N) is 2. The summed E-state index contributed by atoms with van der Waals surface area (Å²) in [4.78, 5) is 51.6. The molecule has 4 amide bonds. The van der Waals surface area contributed by atoms with E-state index >= 15 is 0 Å². The van der Waals surface area contributed by atoms with E-state index in [1.807, 2.05) is 30.3 Å². The highest BCUT2D eigenvalue weighted by Gasteiger charge is 2.39. The normalized spacial score (nSPS) is 18.9. The number of ether oxygens (including phenoxy) is 1. The molecule has 10 nitrogen and oxygen atoms in total. The first-order valence-electron chi connectivity index (χ1n) is 10.7. The molecule has 2 aromatic rings. The Morgan fingerprint density at radius 3 is 2.58 bits per heavy atom. The summed E-state index contributed by atoms with van der Waals surface area (Å²) < 4.78 is 10.1. The second-order valence-corrected chi connectivity index (χ2v) is 7.87. The Morgan fingerprint density at radius 2 is 1.94 bits per heavy atom. The monoisotopic (exact) mass is 456 g/mol. The largest absolute Gasteiger partial charge is 0.459 e. The number of benzene rings is 1. The molecular weight excluding hydrogens is 428 g/mol. The van der Waals surface area contributed by atoms with Crippen molar-refractivity contribution in [2.75, 3.05) is 20.3 Å². The molecule has 0 radical (unpaired) electrons. The summed E-state index contributed by atoms with van der Waals surface area (Å²) >= 11 is 0. The molecule has 33 heavy (non-hydrogen) atoms. The molecule has 1 saturated heterocycles. The van der Waals surface area contributed by atoms with Crippen molar-refractivity contribution in [3.63, 3.8) is 0 Å². The van der Waals surface area contributed by atoms with E-state index in [2.05, 4.69) is 10.6 Å². The minimum atomic E-state index is -0.955. The number of methoxy groups -OCH3 is 1. The van der Waals surface area contributed by atoms with E-state index in [1.165, 1.54) is 24.3 Å². The Bertz CT molecular complexity index is 963. The second kappa shape index (κ2) is 11.3. The molecule has 0 unspecified atom stereocenters. The van der Waals surface area contributed by atoms with Crippen LogP contribution in [0.15, 0.2) is 53.1 Å². The van der Waals surface area contributed by atoms with Crippen LogP contribution in [0.2, 0.25) is 0 Å². The molecule has 2 heterocycles. The van der Waals surface area contributed by atoms with Crippen molar-refractivity contribution in [1.29, 1.82) is 0 Å². The average molecular weight is 456 g/mol. The number of hydrogen-bond donors (Lipinski definition) is 3. The molecule has 0 spiro atoms. The highest BCUT2D eigenvalue weighted by molar-refractivity contribution is 5.97. The third-order valence-corrected chi connectivity index (χ3v) is 5.48. The lowest BCUT2D eigenvalue weighted by Crippen LogP contribution is -2.60. The van der Waals surface area contributed by atoms with Gasteiger partial charge in [0, 0.05) is 26.1 Å². The first-order chi connectivity index (χ1) is 15.9. The Balaban J connectivity index is 1.77. The predicted molar refractivity (Wildman–Crippen MR) is 118 cm³/mol. The first-order valence-corrected chi connectivity index (χ1v) is 10.7. The summed E-state index contributed by atoms with van der Waals surface area (Å²) in [6.07, 6.45) is 2.22. The molecule has 176 valence electrons. The Kier molecular flexibility index (Phi) is 8.20. The van der Waals surface area contributed by atoms with Crippen LogP contribution in [0.1, 0.15) is 29.0 Å². The van der Waals surface area contributed by atoms with Crippen molar-refractivity contribution in [3.8, 4) is 0 Å². The zero-order valence-corrected chi connectivity index (χ0v) is 18.4. The number of rotatable bonds is 9. The summed E-state index contributed by atoms with van der Waals surface area (Å²) in [5, 5.41) is 5.51. The minimum Gasteiger partial charge on any atom is -0.459 e. The maximum Gasteiger partial charge on any atom is 0.290 e. The van der Waals surface area contributed by atoms with Crippen LogP contribution in [-0.2, 0) is 25.5 Å². The number of piperidine rings is 1. The third kappa shape index (κ3) is 6.42. The molecule has 3 rings (SSSR count). The molecule has 4 N–H and O–H groups in total. The Labute approximate surface area is 191 Å². The van der Waals surface area contributed by atoms with Gasteiger partial charge in [0.1, 0.15) is 18.7 Å². The highest BCUT2D eigenvalue weighted by Crippen LogP contribution is 2.21. The van der Waals surface area contributed by atoms with Crippen LogP contribution in [0.4, 0.5) is 0 Å². The maximum absolute atomic E-state index is 13.3. The summed E-state index contributed by atoms with van der Waals surface area (Å²) in [6.45, 7) is 0.110. The fourth-order valence-electron chi connectivity index (χ4n) is 3.87. The van der Waals surface area contributed by atoms with Crippen LogP contribution < -0.4 is 16.4 Å². The van der Waals surface area contributed by atoms with E-state index in [0.29, 0.717) is 6.42 Å². The van der Waals surface area contributed by atoms with Gasteiger partial charge in [0.15, 0.2) is 5.76 Å². The van der Waals surface area contributed by atoms with Crippen LogP contribution in [0.3, 0.4) is 0 Å².